The number of sulfonamides is 1. The van der Waals surface area contributed by atoms with Crippen LogP contribution >= 0.6 is 0 Å². The largest absolute Gasteiger partial charge is 0.435 e. The highest BCUT2D eigenvalue weighted by molar-refractivity contribution is 7.89. The maximum absolute atomic E-state index is 12.9. The standard InChI is InChI=1S/C19H20F2N2O4S/c1-13-4-10-16(11-5-13)28(25,26)23-12-2-3-17(23)18(24)22-14-6-8-15(9-7-14)27-19(20)21/h4-11,17,19H,2-3,12H2,1H3,(H,22,24)/t17-/m0/s1. The second kappa shape index (κ2) is 8.24. The number of ether oxygens (including phenoxy) is 1. The molecule has 1 N–H and O–H groups in total. The smallest absolute Gasteiger partial charge is 0.387 e. The van der Waals surface area contributed by atoms with Crippen molar-refractivity contribution >= 4 is 21.6 Å². The van der Waals surface area contributed by atoms with E-state index >= 15 is 0 Å². The predicted octanol–water partition coefficient (Wildman–Crippen LogP) is 3.39. The first-order chi connectivity index (χ1) is 13.3. The number of rotatable bonds is 6. The molecular formula is C19H20F2N2O4S. The van der Waals surface area contributed by atoms with Crippen molar-refractivity contribution < 1.29 is 26.7 Å². The number of nitrogens with one attached hydrogen (secondary N) is 1. The van der Waals surface area contributed by atoms with Crippen molar-refractivity contribution in [3.8, 4) is 5.75 Å². The summed E-state index contributed by atoms with van der Waals surface area (Å²) in [6, 6.07) is 11.1. The van der Waals surface area contributed by atoms with Crippen LogP contribution in [0, 0.1) is 6.92 Å². The lowest BCUT2D eigenvalue weighted by molar-refractivity contribution is -0.119. The molecule has 9 heteroatoms. The zero-order chi connectivity index (χ0) is 20.3. The SMILES string of the molecule is Cc1ccc(S(=O)(=O)N2CCC[C@H]2C(=O)Nc2ccc(OC(F)F)cc2)cc1. The molecule has 1 aliphatic rings. The van der Waals surface area contributed by atoms with Crippen molar-refractivity contribution in [1.29, 1.82) is 0 Å². The molecule has 0 aliphatic carbocycles. The first-order valence-corrected chi connectivity index (χ1v) is 10.2. The van der Waals surface area contributed by atoms with Gasteiger partial charge >= 0.3 is 6.61 Å². The lowest BCUT2D eigenvalue weighted by Gasteiger charge is -2.23. The van der Waals surface area contributed by atoms with Gasteiger partial charge in [-0.1, -0.05) is 17.7 Å². The van der Waals surface area contributed by atoms with E-state index in [4.69, 9.17) is 0 Å². The van der Waals surface area contributed by atoms with Gasteiger partial charge < -0.3 is 10.1 Å². The van der Waals surface area contributed by atoms with Crippen LogP contribution in [0.5, 0.6) is 5.75 Å². The monoisotopic (exact) mass is 410 g/mol. The number of hydrogen-bond acceptors (Lipinski definition) is 4. The first-order valence-electron chi connectivity index (χ1n) is 8.71. The number of hydrogen-bond donors (Lipinski definition) is 1. The summed E-state index contributed by atoms with van der Waals surface area (Å²) in [5, 5.41) is 2.64. The van der Waals surface area contributed by atoms with Crippen LogP contribution in [0.3, 0.4) is 0 Å². The van der Waals surface area contributed by atoms with Gasteiger partial charge in [0.15, 0.2) is 0 Å². The number of carbonyl (C=O) groups excluding carboxylic acids is 1. The third-order valence-corrected chi connectivity index (χ3v) is 6.40. The lowest BCUT2D eigenvalue weighted by Crippen LogP contribution is -2.43. The van der Waals surface area contributed by atoms with Crippen LogP contribution in [0.15, 0.2) is 53.4 Å². The molecule has 1 saturated heterocycles. The van der Waals surface area contributed by atoms with Crippen LogP contribution in [0.1, 0.15) is 18.4 Å². The second-order valence-corrected chi connectivity index (χ2v) is 8.37. The molecule has 150 valence electrons. The minimum atomic E-state index is -3.79. The molecule has 6 nitrogen and oxygen atoms in total. The number of halogens is 2. The lowest BCUT2D eigenvalue weighted by atomic mass is 10.2. The molecule has 1 atom stereocenters. The Bertz CT molecular complexity index is 931. The van der Waals surface area contributed by atoms with Gasteiger partial charge in [0.1, 0.15) is 11.8 Å². The van der Waals surface area contributed by atoms with Gasteiger partial charge in [-0.3, -0.25) is 4.79 Å². The van der Waals surface area contributed by atoms with Crippen molar-refractivity contribution in [2.45, 2.75) is 37.3 Å². The van der Waals surface area contributed by atoms with E-state index in [1.807, 2.05) is 6.92 Å². The number of anilines is 1. The molecule has 0 bridgehead atoms. The fraction of sp³-hybridized carbons (Fsp3) is 0.316. The molecule has 0 radical (unpaired) electrons. The van der Waals surface area contributed by atoms with Crippen LogP contribution in [0.2, 0.25) is 0 Å². The van der Waals surface area contributed by atoms with Crippen LogP contribution in [-0.4, -0.2) is 37.8 Å². The van der Waals surface area contributed by atoms with Gasteiger partial charge in [0.25, 0.3) is 0 Å². The quantitative estimate of drug-likeness (QED) is 0.792. The van der Waals surface area contributed by atoms with Gasteiger partial charge in [0.2, 0.25) is 15.9 Å². The van der Waals surface area contributed by atoms with E-state index in [9.17, 15) is 22.0 Å². The first kappa shape index (κ1) is 20.2. The number of alkyl halides is 2. The molecule has 1 fully saturated rings. The van der Waals surface area contributed by atoms with Gasteiger partial charge in [-0.15, -0.1) is 0 Å². The average molecular weight is 410 g/mol. The molecular weight excluding hydrogens is 390 g/mol. The van der Waals surface area contributed by atoms with Gasteiger partial charge in [-0.25, -0.2) is 8.42 Å². The number of aryl methyl sites for hydroxylation is 1. The Labute approximate surface area is 162 Å². The van der Waals surface area contributed by atoms with E-state index in [1.165, 1.54) is 40.7 Å². The molecule has 28 heavy (non-hydrogen) atoms. The average Bonchev–Trinajstić information content (AvgIpc) is 3.14. The van der Waals surface area contributed by atoms with Crippen molar-refractivity contribution in [2.24, 2.45) is 0 Å². The van der Waals surface area contributed by atoms with Gasteiger partial charge in [-0.05, 0) is 56.2 Å². The molecule has 0 unspecified atom stereocenters. The zero-order valence-corrected chi connectivity index (χ0v) is 16.0. The highest BCUT2D eigenvalue weighted by Crippen LogP contribution is 2.27. The maximum Gasteiger partial charge on any atom is 0.387 e. The molecule has 0 spiro atoms. The zero-order valence-electron chi connectivity index (χ0n) is 15.1. The third kappa shape index (κ3) is 4.48. The Kier molecular flexibility index (Phi) is 5.95. The van der Waals surface area contributed by atoms with Crippen molar-refractivity contribution in [3.05, 3.63) is 54.1 Å². The van der Waals surface area contributed by atoms with E-state index < -0.39 is 28.6 Å². The fourth-order valence-corrected chi connectivity index (χ4v) is 4.74. The molecule has 0 aromatic heterocycles. The van der Waals surface area contributed by atoms with E-state index in [2.05, 4.69) is 10.1 Å². The van der Waals surface area contributed by atoms with Crippen LogP contribution < -0.4 is 10.1 Å². The number of nitrogens with zero attached hydrogens (tertiary/aromatic N) is 1. The summed E-state index contributed by atoms with van der Waals surface area (Å²) in [6.45, 7) is -0.810. The minimum absolute atomic E-state index is 0.0301. The van der Waals surface area contributed by atoms with Crippen molar-refractivity contribution in [2.75, 3.05) is 11.9 Å². The predicted molar refractivity (Wildman–Crippen MR) is 99.8 cm³/mol. The highest BCUT2D eigenvalue weighted by atomic mass is 32.2. The summed E-state index contributed by atoms with van der Waals surface area (Å²) in [4.78, 5) is 12.8. The highest BCUT2D eigenvalue weighted by Gasteiger charge is 2.39. The Hall–Kier alpha value is -2.52. The van der Waals surface area contributed by atoms with Crippen LogP contribution in [-0.2, 0) is 14.8 Å². The fourth-order valence-electron chi connectivity index (χ4n) is 3.08. The van der Waals surface area contributed by atoms with E-state index in [1.54, 1.807) is 12.1 Å². The summed E-state index contributed by atoms with van der Waals surface area (Å²) in [7, 11) is -3.79. The Morgan fingerprint density at radius 1 is 1.14 bits per heavy atom. The summed E-state index contributed by atoms with van der Waals surface area (Å²) in [6.07, 6.45) is 0.980. The molecule has 1 amide bonds. The molecule has 2 aromatic carbocycles. The van der Waals surface area contributed by atoms with Gasteiger partial charge in [0, 0.05) is 12.2 Å². The van der Waals surface area contributed by atoms with E-state index in [0.29, 0.717) is 18.5 Å². The number of benzene rings is 2. The second-order valence-electron chi connectivity index (χ2n) is 6.48. The third-order valence-electron chi connectivity index (χ3n) is 4.48. The minimum Gasteiger partial charge on any atom is -0.435 e. The Morgan fingerprint density at radius 2 is 1.79 bits per heavy atom. The Balaban J connectivity index is 1.73. The summed E-state index contributed by atoms with van der Waals surface area (Å²) < 4.78 is 55.7. The summed E-state index contributed by atoms with van der Waals surface area (Å²) in [5.74, 6) is -0.492. The van der Waals surface area contributed by atoms with Crippen molar-refractivity contribution in [3.63, 3.8) is 0 Å². The molecule has 1 heterocycles. The van der Waals surface area contributed by atoms with Crippen LogP contribution in [0.4, 0.5) is 14.5 Å². The topological polar surface area (TPSA) is 75.7 Å². The van der Waals surface area contributed by atoms with Crippen molar-refractivity contribution in [1.82, 2.24) is 4.31 Å². The molecule has 3 rings (SSSR count). The van der Waals surface area contributed by atoms with Gasteiger partial charge in [0.05, 0.1) is 4.90 Å². The van der Waals surface area contributed by atoms with Crippen LogP contribution in [0.25, 0.3) is 0 Å². The number of amides is 1. The number of carbonyl (C=O) groups is 1. The van der Waals surface area contributed by atoms with E-state index in [0.717, 1.165) is 5.56 Å². The molecule has 0 saturated carbocycles. The Morgan fingerprint density at radius 3 is 2.39 bits per heavy atom. The summed E-state index contributed by atoms with van der Waals surface area (Å²) >= 11 is 0. The molecule has 1 aliphatic heterocycles. The maximum atomic E-state index is 12.9. The normalized spacial score (nSPS) is 17.6. The van der Waals surface area contributed by atoms with Gasteiger partial charge in [-0.2, -0.15) is 13.1 Å². The van der Waals surface area contributed by atoms with E-state index in [-0.39, 0.29) is 17.2 Å². The summed E-state index contributed by atoms with van der Waals surface area (Å²) in [5.41, 5.74) is 1.31. The molecule has 2 aromatic rings.